The van der Waals surface area contributed by atoms with Gasteiger partial charge in [0.05, 0.1) is 11.5 Å². The fourth-order valence-electron chi connectivity index (χ4n) is 3.49. The molecule has 2 fully saturated rings. The Balaban J connectivity index is 1.69. The lowest BCUT2D eigenvalue weighted by atomic mass is 10.1. The van der Waals surface area contributed by atoms with Crippen molar-refractivity contribution < 1.29 is 17.6 Å². The second kappa shape index (κ2) is 6.23. The Morgan fingerprint density at radius 3 is 2.57 bits per heavy atom. The highest BCUT2D eigenvalue weighted by Gasteiger charge is 2.47. The number of hydrogen-bond acceptors (Lipinski definition) is 3. The van der Waals surface area contributed by atoms with Crippen molar-refractivity contribution in [1.29, 1.82) is 0 Å². The Labute approximate surface area is 136 Å². The molecule has 0 bridgehead atoms. The van der Waals surface area contributed by atoms with Crippen molar-refractivity contribution in [3.05, 3.63) is 35.6 Å². The summed E-state index contributed by atoms with van der Waals surface area (Å²) >= 11 is 0. The summed E-state index contributed by atoms with van der Waals surface area (Å²) < 4.78 is 36.4. The molecular weight excluding hydrogens is 317 g/mol. The van der Waals surface area contributed by atoms with E-state index < -0.39 is 9.84 Å². The lowest BCUT2D eigenvalue weighted by Gasteiger charge is -2.28. The topological polar surface area (TPSA) is 54.5 Å². The van der Waals surface area contributed by atoms with Gasteiger partial charge in [-0.05, 0) is 42.9 Å². The van der Waals surface area contributed by atoms with Crippen LogP contribution in [-0.2, 0) is 14.6 Å². The molecule has 1 saturated carbocycles. The lowest BCUT2D eigenvalue weighted by Crippen LogP contribution is -2.42. The minimum Gasteiger partial charge on any atom is -0.338 e. The maximum absolute atomic E-state index is 13.0. The summed E-state index contributed by atoms with van der Waals surface area (Å²) in [5.41, 5.74) is 0.986. The van der Waals surface area contributed by atoms with E-state index in [1.807, 2.05) is 6.92 Å². The molecule has 0 spiro atoms. The number of carbonyl (C=O) groups excluding carboxylic acids is 1. The summed E-state index contributed by atoms with van der Waals surface area (Å²) in [7, 11) is -3.00. The molecule has 1 aliphatic carbocycles. The summed E-state index contributed by atoms with van der Waals surface area (Å²) in [4.78, 5) is 14.6. The van der Waals surface area contributed by atoms with Gasteiger partial charge in [-0.2, -0.15) is 0 Å². The average molecular weight is 339 g/mol. The number of halogens is 1. The molecular formula is C17H22FNO3S. The van der Waals surface area contributed by atoms with Crippen molar-refractivity contribution in [3.8, 4) is 0 Å². The van der Waals surface area contributed by atoms with Crippen LogP contribution in [-0.4, -0.2) is 43.3 Å². The maximum atomic E-state index is 13.0. The van der Waals surface area contributed by atoms with Crippen molar-refractivity contribution in [2.75, 3.05) is 18.1 Å². The van der Waals surface area contributed by atoms with E-state index in [4.69, 9.17) is 0 Å². The smallest absolute Gasteiger partial charge is 0.226 e. The monoisotopic (exact) mass is 339 g/mol. The molecule has 1 aliphatic heterocycles. The number of carbonyl (C=O) groups is 1. The van der Waals surface area contributed by atoms with Crippen molar-refractivity contribution in [2.24, 2.45) is 5.92 Å². The number of hydrogen-bond donors (Lipinski definition) is 0. The van der Waals surface area contributed by atoms with Crippen molar-refractivity contribution >= 4 is 15.7 Å². The van der Waals surface area contributed by atoms with Crippen LogP contribution in [0.15, 0.2) is 24.3 Å². The summed E-state index contributed by atoms with van der Waals surface area (Å²) in [5, 5.41) is 0. The van der Waals surface area contributed by atoms with Gasteiger partial charge < -0.3 is 4.90 Å². The molecule has 1 heterocycles. The Morgan fingerprint density at radius 1 is 1.30 bits per heavy atom. The molecule has 3 atom stereocenters. The van der Waals surface area contributed by atoms with Gasteiger partial charge in [-0.1, -0.05) is 19.1 Å². The molecule has 1 amide bonds. The Kier molecular flexibility index (Phi) is 4.45. The van der Waals surface area contributed by atoms with Gasteiger partial charge in [-0.25, -0.2) is 12.8 Å². The fraction of sp³-hybridized carbons (Fsp3) is 0.588. The quantitative estimate of drug-likeness (QED) is 0.827. The van der Waals surface area contributed by atoms with E-state index in [1.165, 1.54) is 12.1 Å². The van der Waals surface area contributed by atoms with E-state index in [0.29, 0.717) is 13.0 Å². The van der Waals surface area contributed by atoms with Crippen LogP contribution in [0, 0.1) is 11.7 Å². The Hall–Kier alpha value is -1.43. The molecule has 1 aromatic carbocycles. The molecule has 0 radical (unpaired) electrons. The molecule has 6 heteroatoms. The van der Waals surface area contributed by atoms with Crippen molar-refractivity contribution in [1.82, 2.24) is 4.90 Å². The molecule has 1 aromatic rings. The fourth-order valence-corrected chi connectivity index (χ4v) is 5.22. The molecule has 0 N–H and O–H groups in total. The van der Waals surface area contributed by atoms with Crippen molar-refractivity contribution in [3.63, 3.8) is 0 Å². The highest BCUT2D eigenvalue weighted by molar-refractivity contribution is 7.91. The SMILES string of the molecule is CCCN(C(=O)C1CC1c1ccc(F)cc1)C1CCS(=O)(=O)C1. The number of sulfone groups is 1. The maximum Gasteiger partial charge on any atom is 0.226 e. The highest BCUT2D eigenvalue weighted by Crippen LogP contribution is 2.48. The van der Waals surface area contributed by atoms with Crippen LogP contribution < -0.4 is 0 Å². The van der Waals surface area contributed by atoms with Crippen LogP contribution >= 0.6 is 0 Å². The third-order valence-electron chi connectivity index (χ3n) is 4.80. The molecule has 2 aliphatic rings. The largest absolute Gasteiger partial charge is 0.338 e. The minimum absolute atomic E-state index is 0.0586. The standard InChI is InChI=1S/C17H22FNO3S/c1-2-8-19(14-7-9-23(21,22)11-14)17(20)16-10-15(16)12-3-5-13(18)6-4-12/h3-6,14-16H,2,7-11H2,1H3. The van der Waals surface area contributed by atoms with E-state index in [0.717, 1.165) is 18.4 Å². The van der Waals surface area contributed by atoms with E-state index in [-0.39, 0.29) is 41.1 Å². The van der Waals surface area contributed by atoms with Gasteiger partial charge in [-0.15, -0.1) is 0 Å². The van der Waals surface area contributed by atoms with Gasteiger partial charge in [0.25, 0.3) is 0 Å². The molecule has 3 rings (SSSR count). The molecule has 23 heavy (non-hydrogen) atoms. The third-order valence-corrected chi connectivity index (χ3v) is 6.55. The molecule has 0 aromatic heterocycles. The molecule has 126 valence electrons. The van der Waals surface area contributed by atoms with Gasteiger partial charge in [0, 0.05) is 18.5 Å². The van der Waals surface area contributed by atoms with Gasteiger partial charge >= 0.3 is 0 Å². The Morgan fingerprint density at radius 2 is 2.00 bits per heavy atom. The number of nitrogens with zero attached hydrogens (tertiary/aromatic N) is 1. The third kappa shape index (κ3) is 3.57. The first-order valence-electron chi connectivity index (χ1n) is 8.17. The van der Waals surface area contributed by atoms with Crippen LogP contribution in [0.4, 0.5) is 4.39 Å². The van der Waals surface area contributed by atoms with Crippen LogP contribution in [0.3, 0.4) is 0 Å². The first-order valence-corrected chi connectivity index (χ1v) is 10.00. The average Bonchev–Trinajstić information content (AvgIpc) is 3.22. The van der Waals surface area contributed by atoms with Crippen molar-refractivity contribution in [2.45, 2.75) is 38.1 Å². The number of amides is 1. The first kappa shape index (κ1) is 16.4. The second-order valence-electron chi connectivity index (χ2n) is 6.59. The van der Waals surface area contributed by atoms with Gasteiger partial charge in [0.15, 0.2) is 9.84 Å². The normalized spacial score (nSPS) is 28.5. The first-order chi connectivity index (χ1) is 10.9. The van der Waals surface area contributed by atoms with Gasteiger partial charge in [0.1, 0.15) is 5.82 Å². The molecule has 3 unspecified atom stereocenters. The van der Waals surface area contributed by atoms with E-state index in [2.05, 4.69) is 0 Å². The number of rotatable bonds is 5. The van der Waals surface area contributed by atoms with E-state index >= 15 is 0 Å². The minimum atomic E-state index is -3.00. The highest BCUT2D eigenvalue weighted by atomic mass is 32.2. The van der Waals surface area contributed by atoms with Crippen LogP contribution in [0.2, 0.25) is 0 Å². The number of benzene rings is 1. The van der Waals surface area contributed by atoms with E-state index in [9.17, 15) is 17.6 Å². The summed E-state index contributed by atoms with van der Waals surface area (Å²) in [6, 6.07) is 6.13. The summed E-state index contributed by atoms with van der Waals surface area (Å²) in [5.74, 6) is 0.101. The summed E-state index contributed by atoms with van der Waals surface area (Å²) in [6.07, 6.45) is 2.13. The van der Waals surface area contributed by atoms with Crippen LogP contribution in [0.1, 0.15) is 37.7 Å². The van der Waals surface area contributed by atoms with Gasteiger partial charge in [-0.3, -0.25) is 4.79 Å². The molecule has 1 saturated heterocycles. The zero-order valence-electron chi connectivity index (χ0n) is 13.2. The zero-order chi connectivity index (χ0) is 16.6. The molecule has 4 nitrogen and oxygen atoms in total. The van der Waals surface area contributed by atoms with Gasteiger partial charge in [0.2, 0.25) is 5.91 Å². The van der Waals surface area contributed by atoms with E-state index in [1.54, 1.807) is 17.0 Å². The predicted octanol–water partition coefficient (Wildman–Crippen LogP) is 2.35. The second-order valence-corrected chi connectivity index (χ2v) is 8.82. The summed E-state index contributed by atoms with van der Waals surface area (Å²) in [6.45, 7) is 2.60. The zero-order valence-corrected chi connectivity index (χ0v) is 14.1. The predicted molar refractivity (Wildman–Crippen MR) is 86.3 cm³/mol. The van der Waals surface area contributed by atoms with Crippen LogP contribution in [0.25, 0.3) is 0 Å². The lowest BCUT2D eigenvalue weighted by molar-refractivity contribution is -0.134. The Bertz CT molecular complexity index is 686. The van der Waals surface area contributed by atoms with Crippen LogP contribution in [0.5, 0.6) is 0 Å².